The maximum Gasteiger partial charge on any atom is 0.251 e. The van der Waals surface area contributed by atoms with Crippen molar-refractivity contribution in [3.8, 4) is 0 Å². The molecule has 1 atom stereocenters. The number of rotatable bonds is 8. The van der Waals surface area contributed by atoms with Crippen molar-refractivity contribution in [3.05, 3.63) is 54.1 Å². The second-order valence-corrected chi connectivity index (χ2v) is 6.52. The van der Waals surface area contributed by atoms with Crippen molar-refractivity contribution < 1.29 is 14.4 Å². The summed E-state index contributed by atoms with van der Waals surface area (Å²) in [7, 11) is 0. The van der Waals surface area contributed by atoms with Gasteiger partial charge >= 0.3 is 0 Å². The molecule has 2 aromatic carbocycles. The summed E-state index contributed by atoms with van der Waals surface area (Å²) in [5, 5.41) is 11.4. The van der Waals surface area contributed by atoms with Crippen molar-refractivity contribution in [2.75, 3.05) is 22.5 Å². The van der Waals surface area contributed by atoms with E-state index < -0.39 is 0 Å². The Hall–Kier alpha value is -3.35. The molecule has 0 radical (unpaired) electrons. The minimum atomic E-state index is -0.221. The zero-order chi connectivity index (χ0) is 20.5. The molecule has 0 saturated heterocycles. The van der Waals surface area contributed by atoms with Crippen molar-refractivity contribution in [1.82, 2.24) is 5.32 Å². The lowest BCUT2D eigenvalue weighted by Crippen LogP contribution is -2.31. The summed E-state index contributed by atoms with van der Waals surface area (Å²) in [6, 6.07) is 14.0. The maximum atomic E-state index is 12.1. The second-order valence-electron chi connectivity index (χ2n) is 6.52. The zero-order valence-corrected chi connectivity index (χ0v) is 16.3. The standard InChI is InChI=1S/C21H26N4O3/c1-4-14(2)23-21(28)16-8-10-17(11-9-16)25-20(27)13-22-18-6-5-7-19(12-18)24-15(3)26/h5-12,14,22H,4,13H2,1-3H3,(H,23,28)(H,24,26)(H,25,27). The Morgan fingerprint density at radius 2 is 1.61 bits per heavy atom. The van der Waals surface area contributed by atoms with Crippen molar-refractivity contribution in [1.29, 1.82) is 0 Å². The molecule has 0 aliphatic carbocycles. The van der Waals surface area contributed by atoms with Crippen LogP contribution in [0.1, 0.15) is 37.6 Å². The van der Waals surface area contributed by atoms with Gasteiger partial charge in [-0.1, -0.05) is 13.0 Å². The van der Waals surface area contributed by atoms with Crippen molar-refractivity contribution in [3.63, 3.8) is 0 Å². The molecule has 1 unspecified atom stereocenters. The smallest absolute Gasteiger partial charge is 0.251 e. The van der Waals surface area contributed by atoms with Gasteiger partial charge in [-0.05, 0) is 55.8 Å². The Balaban J connectivity index is 1.86. The van der Waals surface area contributed by atoms with E-state index in [9.17, 15) is 14.4 Å². The molecule has 4 N–H and O–H groups in total. The minimum Gasteiger partial charge on any atom is -0.376 e. The Kier molecular flexibility index (Phi) is 7.56. The van der Waals surface area contributed by atoms with E-state index >= 15 is 0 Å². The molecule has 2 aromatic rings. The van der Waals surface area contributed by atoms with E-state index in [1.807, 2.05) is 19.9 Å². The van der Waals surface area contributed by atoms with Crippen LogP contribution in [0.4, 0.5) is 17.1 Å². The lowest BCUT2D eigenvalue weighted by atomic mass is 10.1. The van der Waals surface area contributed by atoms with E-state index in [1.165, 1.54) is 6.92 Å². The molecule has 0 aliphatic heterocycles. The summed E-state index contributed by atoms with van der Waals surface area (Å²) < 4.78 is 0. The first-order valence-electron chi connectivity index (χ1n) is 9.19. The minimum absolute atomic E-state index is 0.0692. The van der Waals surface area contributed by atoms with Crippen LogP contribution in [0, 0.1) is 0 Å². The van der Waals surface area contributed by atoms with E-state index in [1.54, 1.807) is 42.5 Å². The molecule has 148 valence electrons. The number of carbonyl (C=O) groups is 3. The quantitative estimate of drug-likeness (QED) is 0.563. The van der Waals surface area contributed by atoms with Gasteiger partial charge in [-0.3, -0.25) is 14.4 Å². The molecule has 0 aliphatic rings. The fourth-order valence-corrected chi connectivity index (χ4v) is 2.41. The van der Waals surface area contributed by atoms with Crippen LogP contribution in [-0.2, 0) is 9.59 Å². The molecule has 3 amide bonds. The van der Waals surface area contributed by atoms with E-state index in [-0.39, 0.29) is 30.3 Å². The van der Waals surface area contributed by atoms with Crippen LogP contribution in [-0.4, -0.2) is 30.3 Å². The topological polar surface area (TPSA) is 99.3 Å². The maximum absolute atomic E-state index is 12.1. The number of nitrogens with one attached hydrogen (secondary N) is 4. The molecule has 28 heavy (non-hydrogen) atoms. The van der Waals surface area contributed by atoms with Crippen LogP contribution < -0.4 is 21.3 Å². The van der Waals surface area contributed by atoms with E-state index in [0.29, 0.717) is 16.9 Å². The summed E-state index contributed by atoms with van der Waals surface area (Å²) in [4.78, 5) is 35.3. The summed E-state index contributed by atoms with van der Waals surface area (Å²) >= 11 is 0. The number of anilines is 3. The molecule has 7 nitrogen and oxygen atoms in total. The number of hydrogen-bond acceptors (Lipinski definition) is 4. The normalized spacial score (nSPS) is 11.2. The average Bonchev–Trinajstić information content (AvgIpc) is 2.66. The third-order valence-electron chi connectivity index (χ3n) is 4.06. The van der Waals surface area contributed by atoms with Gasteiger partial charge in [-0.25, -0.2) is 0 Å². The molecule has 0 spiro atoms. The second kappa shape index (κ2) is 10.1. The Labute approximate surface area is 164 Å². The van der Waals surface area contributed by atoms with E-state index in [2.05, 4.69) is 21.3 Å². The molecule has 7 heteroatoms. The van der Waals surface area contributed by atoms with Gasteiger partial charge in [-0.2, -0.15) is 0 Å². The highest BCUT2D eigenvalue weighted by Gasteiger charge is 2.09. The van der Waals surface area contributed by atoms with Crippen LogP contribution >= 0.6 is 0 Å². The third-order valence-corrected chi connectivity index (χ3v) is 4.06. The predicted molar refractivity (Wildman–Crippen MR) is 112 cm³/mol. The molecule has 0 saturated carbocycles. The molecule has 0 bridgehead atoms. The monoisotopic (exact) mass is 382 g/mol. The lowest BCUT2D eigenvalue weighted by Gasteiger charge is -2.12. The van der Waals surface area contributed by atoms with E-state index in [4.69, 9.17) is 0 Å². The number of amides is 3. The highest BCUT2D eigenvalue weighted by Crippen LogP contribution is 2.15. The van der Waals surface area contributed by atoms with Gasteiger partial charge < -0.3 is 21.3 Å². The van der Waals surface area contributed by atoms with Crippen LogP contribution in [0.5, 0.6) is 0 Å². The van der Waals surface area contributed by atoms with Gasteiger partial charge in [0.25, 0.3) is 5.91 Å². The molecular weight excluding hydrogens is 356 g/mol. The molecule has 0 heterocycles. The van der Waals surface area contributed by atoms with Crippen LogP contribution in [0.2, 0.25) is 0 Å². The van der Waals surface area contributed by atoms with Gasteiger partial charge in [0, 0.05) is 35.6 Å². The van der Waals surface area contributed by atoms with Crippen molar-refractivity contribution in [2.45, 2.75) is 33.2 Å². The SMILES string of the molecule is CCC(C)NC(=O)c1ccc(NC(=O)CNc2cccc(NC(C)=O)c2)cc1. The number of hydrogen-bond donors (Lipinski definition) is 4. The lowest BCUT2D eigenvalue weighted by molar-refractivity contribution is -0.115. The molecule has 0 fully saturated rings. The van der Waals surface area contributed by atoms with Gasteiger partial charge in [0.2, 0.25) is 11.8 Å². The van der Waals surface area contributed by atoms with Crippen molar-refractivity contribution >= 4 is 34.8 Å². The zero-order valence-electron chi connectivity index (χ0n) is 16.3. The van der Waals surface area contributed by atoms with Crippen LogP contribution in [0.3, 0.4) is 0 Å². The highest BCUT2D eigenvalue weighted by molar-refractivity contribution is 5.97. The van der Waals surface area contributed by atoms with Gasteiger partial charge in [0.15, 0.2) is 0 Å². The Morgan fingerprint density at radius 1 is 0.929 bits per heavy atom. The van der Waals surface area contributed by atoms with Crippen molar-refractivity contribution in [2.24, 2.45) is 0 Å². The number of benzene rings is 2. The first-order chi connectivity index (χ1) is 13.4. The fourth-order valence-electron chi connectivity index (χ4n) is 2.41. The molecule has 2 rings (SSSR count). The first-order valence-corrected chi connectivity index (χ1v) is 9.19. The predicted octanol–water partition coefficient (Wildman–Crippen LogP) is 3.22. The summed E-state index contributed by atoms with van der Waals surface area (Å²) in [5.74, 6) is -0.508. The van der Waals surface area contributed by atoms with Gasteiger partial charge in [0.1, 0.15) is 0 Å². The van der Waals surface area contributed by atoms with Gasteiger partial charge in [0.05, 0.1) is 6.54 Å². The average molecular weight is 382 g/mol. The Bertz CT molecular complexity index is 834. The summed E-state index contributed by atoms with van der Waals surface area (Å²) in [6.45, 7) is 5.46. The highest BCUT2D eigenvalue weighted by atomic mass is 16.2. The van der Waals surface area contributed by atoms with Crippen LogP contribution in [0.15, 0.2) is 48.5 Å². The summed E-state index contributed by atoms with van der Waals surface area (Å²) in [6.07, 6.45) is 0.862. The largest absolute Gasteiger partial charge is 0.376 e. The first kappa shape index (κ1) is 21.0. The van der Waals surface area contributed by atoms with Gasteiger partial charge in [-0.15, -0.1) is 0 Å². The Morgan fingerprint density at radius 3 is 2.25 bits per heavy atom. The number of carbonyl (C=O) groups excluding carboxylic acids is 3. The third kappa shape index (κ3) is 6.75. The summed E-state index contributed by atoms with van der Waals surface area (Å²) in [5.41, 5.74) is 2.53. The van der Waals surface area contributed by atoms with E-state index in [0.717, 1.165) is 12.1 Å². The molecular formula is C21H26N4O3. The van der Waals surface area contributed by atoms with Crippen LogP contribution in [0.25, 0.3) is 0 Å². The fraction of sp³-hybridized carbons (Fsp3) is 0.286. The molecule has 0 aromatic heterocycles.